The van der Waals surface area contributed by atoms with Gasteiger partial charge in [0.05, 0.1) is 11.5 Å². The molecule has 0 aromatic heterocycles. The van der Waals surface area contributed by atoms with Crippen molar-refractivity contribution in [3.05, 3.63) is 95.1 Å². The highest BCUT2D eigenvalue weighted by Crippen LogP contribution is 2.42. The Bertz CT molecular complexity index is 1690. The van der Waals surface area contributed by atoms with Crippen molar-refractivity contribution in [1.29, 1.82) is 0 Å². The maximum Gasteiger partial charge on any atom is 0.306 e. The Hall–Kier alpha value is -5.21. The van der Waals surface area contributed by atoms with Gasteiger partial charge in [-0.05, 0) is 37.0 Å². The summed E-state index contributed by atoms with van der Waals surface area (Å²) >= 11 is 0. The molecule has 1 atom stereocenters. The minimum atomic E-state index is -1.91. The van der Waals surface area contributed by atoms with E-state index in [1.807, 2.05) is 5.32 Å². The van der Waals surface area contributed by atoms with Crippen LogP contribution in [0, 0.1) is 40.3 Å². The smallest absolute Gasteiger partial charge is 0.306 e. The first-order valence-electron chi connectivity index (χ1n) is 15.1. The molecule has 1 aliphatic carbocycles. The number of para-hydroxylation sites is 1. The summed E-state index contributed by atoms with van der Waals surface area (Å²) in [5, 5.41) is 4.28. The summed E-state index contributed by atoms with van der Waals surface area (Å²) < 4.78 is 93.7. The summed E-state index contributed by atoms with van der Waals surface area (Å²) in [6, 6.07) is 9.69. The van der Waals surface area contributed by atoms with Crippen LogP contribution in [0.4, 0.5) is 32.0 Å². The summed E-state index contributed by atoms with van der Waals surface area (Å²) in [5.41, 5.74) is -1.76. The van der Waals surface area contributed by atoms with Gasteiger partial charge in [0, 0.05) is 18.9 Å². The highest BCUT2D eigenvalue weighted by atomic mass is 19.2. The molecule has 3 aromatic rings. The zero-order valence-corrected chi connectivity index (χ0v) is 25.8. The molecule has 4 rings (SSSR count). The molecule has 0 saturated heterocycles. The Kier molecular flexibility index (Phi) is 12.2. The fourth-order valence-corrected chi connectivity index (χ4v) is 5.34. The topological polar surface area (TPSA) is 128 Å². The number of nitrogens with one attached hydrogen (secondary N) is 2. The normalized spacial score (nSPS) is 14.1. The molecule has 0 aliphatic heterocycles. The van der Waals surface area contributed by atoms with Crippen molar-refractivity contribution in [1.82, 2.24) is 5.32 Å². The van der Waals surface area contributed by atoms with Crippen LogP contribution >= 0.6 is 0 Å². The molecule has 0 bridgehead atoms. The van der Waals surface area contributed by atoms with Gasteiger partial charge >= 0.3 is 5.97 Å². The van der Waals surface area contributed by atoms with Gasteiger partial charge < -0.3 is 20.1 Å². The van der Waals surface area contributed by atoms with Crippen molar-refractivity contribution in [3.63, 3.8) is 0 Å². The van der Waals surface area contributed by atoms with Crippen molar-refractivity contribution in [2.24, 2.45) is 5.41 Å². The highest BCUT2D eigenvalue weighted by molar-refractivity contribution is 6.41. The number of benzene rings is 3. The third-order valence-corrected chi connectivity index (χ3v) is 8.00. The molecular formula is C34H30F6N2O7. The summed E-state index contributed by atoms with van der Waals surface area (Å²) in [4.78, 5) is 64.9. The van der Waals surface area contributed by atoms with Gasteiger partial charge in [-0.3, -0.25) is 24.0 Å². The number of anilines is 1. The van der Waals surface area contributed by atoms with E-state index in [0.717, 1.165) is 18.2 Å². The van der Waals surface area contributed by atoms with E-state index in [4.69, 9.17) is 9.47 Å². The van der Waals surface area contributed by atoms with Gasteiger partial charge in [0.15, 0.2) is 23.2 Å². The Labute approximate surface area is 276 Å². The molecule has 15 heteroatoms. The predicted octanol–water partition coefficient (Wildman–Crippen LogP) is 5.64. The first-order chi connectivity index (χ1) is 23.3. The Morgan fingerprint density at radius 2 is 1.41 bits per heavy atom. The van der Waals surface area contributed by atoms with Gasteiger partial charge in [-0.25, -0.2) is 17.6 Å². The minimum absolute atomic E-state index is 0.0567. The summed E-state index contributed by atoms with van der Waals surface area (Å²) in [7, 11) is 0. The third kappa shape index (κ3) is 9.24. The Morgan fingerprint density at radius 1 is 0.796 bits per heavy atom. The zero-order chi connectivity index (χ0) is 35.7. The molecule has 3 aromatic carbocycles. The summed E-state index contributed by atoms with van der Waals surface area (Å²) in [6.45, 7) is -1.31. The average molecular weight is 693 g/mol. The maximum atomic E-state index is 14.2. The average Bonchev–Trinajstić information content (AvgIpc) is 3.56. The molecule has 1 aliphatic rings. The maximum absolute atomic E-state index is 14.2. The van der Waals surface area contributed by atoms with Crippen molar-refractivity contribution in [3.8, 4) is 5.75 Å². The molecule has 0 heterocycles. The van der Waals surface area contributed by atoms with Crippen LogP contribution in [0.5, 0.6) is 5.75 Å². The number of hydrogen-bond donors (Lipinski definition) is 2. The number of ketones is 2. The summed E-state index contributed by atoms with van der Waals surface area (Å²) in [5.74, 6) is -16.5. The fourth-order valence-electron chi connectivity index (χ4n) is 5.34. The predicted molar refractivity (Wildman–Crippen MR) is 160 cm³/mol. The van der Waals surface area contributed by atoms with Crippen LogP contribution in [0.3, 0.4) is 0 Å². The quantitative estimate of drug-likeness (QED) is 0.0914. The summed E-state index contributed by atoms with van der Waals surface area (Å²) in [6.07, 6.45) is -0.591. The first kappa shape index (κ1) is 36.6. The van der Waals surface area contributed by atoms with Crippen LogP contribution in [0.15, 0.2) is 54.6 Å². The Balaban J connectivity index is 1.49. The van der Waals surface area contributed by atoms with Gasteiger partial charge in [0.1, 0.15) is 30.5 Å². The molecule has 49 heavy (non-hydrogen) atoms. The number of hydrogen-bond acceptors (Lipinski definition) is 7. The van der Waals surface area contributed by atoms with Crippen LogP contribution in [-0.4, -0.2) is 42.0 Å². The molecule has 9 nitrogen and oxygen atoms in total. The van der Waals surface area contributed by atoms with Gasteiger partial charge in [-0.15, -0.1) is 0 Å². The molecule has 0 spiro atoms. The number of carbonyl (C=O) groups is 5. The van der Waals surface area contributed by atoms with E-state index in [9.17, 15) is 50.3 Å². The Morgan fingerprint density at radius 3 is 2.02 bits per heavy atom. The standard InChI is InChI=1S/C34H30F6N2O7/c35-20-9-6-10-21(36)30(20)42-32(46)25(43)16-34(13-4-5-14-34)33(47)41-24(11-12-27(45)48-17-19-7-2-1-3-8-19)26(44)18-49-31-28(39)22(37)15-23(38)29(31)40/h1-3,6-10,15,24H,4-5,11-14,16-18H2,(H,41,47)(H,42,46)/t24-/m0/s1. The fraction of sp³-hybridized carbons (Fsp3) is 0.324. The van der Waals surface area contributed by atoms with Crippen molar-refractivity contribution < 1.29 is 59.8 Å². The number of halogens is 6. The second kappa shape index (κ2) is 16.3. The first-order valence-corrected chi connectivity index (χ1v) is 15.1. The van der Waals surface area contributed by atoms with Gasteiger partial charge in [0.2, 0.25) is 23.3 Å². The molecular weight excluding hydrogens is 662 g/mol. The number of ether oxygens (including phenoxy) is 2. The number of carbonyl (C=O) groups excluding carboxylic acids is 5. The molecule has 0 unspecified atom stereocenters. The second-order valence-corrected chi connectivity index (χ2v) is 11.4. The van der Waals surface area contributed by atoms with Crippen molar-refractivity contribution in [2.75, 3.05) is 11.9 Å². The van der Waals surface area contributed by atoms with Crippen LogP contribution in [-0.2, 0) is 35.3 Å². The lowest BCUT2D eigenvalue weighted by Gasteiger charge is -2.29. The van der Waals surface area contributed by atoms with E-state index < -0.39 is 113 Å². The van der Waals surface area contributed by atoms with Gasteiger partial charge in [-0.1, -0.05) is 49.2 Å². The third-order valence-electron chi connectivity index (χ3n) is 8.00. The van der Waals surface area contributed by atoms with Crippen LogP contribution in [0.1, 0.15) is 50.5 Å². The van der Waals surface area contributed by atoms with E-state index in [0.29, 0.717) is 18.4 Å². The van der Waals surface area contributed by atoms with Gasteiger partial charge in [0.25, 0.3) is 5.91 Å². The largest absolute Gasteiger partial charge is 0.479 e. The number of rotatable bonds is 15. The molecule has 2 N–H and O–H groups in total. The van der Waals surface area contributed by atoms with Crippen LogP contribution in [0.2, 0.25) is 0 Å². The number of Topliss-reactive ketones (excluding diaryl/α,β-unsaturated/α-hetero) is 2. The lowest BCUT2D eigenvalue weighted by atomic mass is 9.79. The zero-order valence-electron chi connectivity index (χ0n) is 25.8. The van der Waals surface area contributed by atoms with Crippen LogP contribution < -0.4 is 15.4 Å². The van der Waals surface area contributed by atoms with Gasteiger partial charge in [-0.2, -0.15) is 8.78 Å². The van der Waals surface area contributed by atoms with Crippen molar-refractivity contribution >= 4 is 35.0 Å². The monoisotopic (exact) mass is 692 g/mol. The SMILES string of the molecule is O=C(CC[C@H](NC(=O)C1(CC(=O)C(=O)Nc2c(F)cccc2F)CCCC1)C(=O)COc1c(F)c(F)cc(F)c1F)OCc1ccccc1. The van der Waals surface area contributed by atoms with E-state index in [2.05, 4.69) is 5.32 Å². The highest BCUT2D eigenvalue weighted by Gasteiger charge is 2.45. The van der Waals surface area contributed by atoms with E-state index >= 15 is 0 Å². The molecule has 1 saturated carbocycles. The number of esters is 1. The molecule has 1 fully saturated rings. The van der Waals surface area contributed by atoms with Crippen molar-refractivity contribution in [2.45, 2.75) is 57.6 Å². The van der Waals surface area contributed by atoms with Crippen LogP contribution in [0.25, 0.3) is 0 Å². The molecule has 2 amide bonds. The van der Waals surface area contributed by atoms with E-state index in [-0.39, 0.29) is 25.5 Å². The second-order valence-electron chi connectivity index (χ2n) is 11.4. The molecule has 260 valence electrons. The number of amides is 2. The molecule has 0 radical (unpaired) electrons. The lowest BCUT2D eigenvalue weighted by Crippen LogP contribution is -2.50. The lowest BCUT2D eigenvalue weighted by molar-refractivity contribution is -0.146. The minimum Gasteiger partial charge on any atom is -0.479 e. The van der Waals surface area contributed by atoms with E-state index in [1.165, 1.54) is 0 Å². The van der Waals surface area contributed by atoms with E-state index in [1.54, 1.807) is 30.3 Å².